The molecular formula is C20H26FN5OS. The molecule has 150 valence electrons. The largest absolute Gasteiger partial charge is 0.506 e. The number of anilines is 1. The van der Waals surface area contributed by atoms with Gasteiger partial charge in [0, 0.05) is 25.6 Å². The summed E-state index contributed by atoms with van der Waals surface area (Å²) in [5, 5.41) is 19.2. The van der Waals surface area contributed by atoms with E-state index in [2.05, 4.69) is 35.3 Å². The van der Waals surface area contributed by atoms with Crippen LogP contribution in [-0.2, 0) is 12.8 Å². The maximum atomic E-state index is 13.8. The van der Waals surface area contributed by atoms with Crippen molar-refractivity contribution in [1.29, 1.82) is 0 Å². The van der Waals surface area contributed by atoms with E-state index in [1.54, 1.807) is 10.7 Å². The summed E-state index contributed by atoms with van der Waals surface area (Å²) in [4.78, 5) is 6.58. The van der Waals surface area contributed by atoms with Crippen LogP contribution < -0.4 is 5.32 Å². The van der Waals surface area contributed by atoms with Crippen LogP contribution in [0.25, 0.3) is 16.0 Å². The number of halogens is 1. The number of fused-ring (bicyclic) bond motifs is 1. The molecule has 8 heteroatoms. The molecule has 1 fully saturated rings. The molecule has 0 unspecified atom stereocenters. The number of likely N-dealkylation sites (N-methyl/N-ethyl adjacent to an activating group) is 1. The third-order valence-electron chi connectivity index (χ3n) is 5.23. The molecule has 0 radical (unpaired) electrons. The van der Waals surface area contributed by atoms with E-state index in [0.717, 1.165) is 40.3 Å². The van der Waals surface area contributed by atoms with Crippen LogP contribution >= 0.6 is 11.3 Å². The van der Waals surface area contributed by atoms with Crippen LogP contribution in [0.5, 0.6) is 5.75 Å². The topological polar surface area (TPSA) is 66.2 Å². The molecule has 0 spiro atoms. The first kappa shape index (κ1) is 19.1. The molecule has 0 aliphatic carbocycles. The second kappa shape index (κ2) is 7.67. The summed E-state index contributed by atoms with van der Waals surface area (Å²) in [5.41, 5.74) is 3.52. The Morgan fingerprint density at radius 2 is 2.11 bits per heavy atom. The lowest BCUT2D eigenvalue weighted by molar-refractivity contribution is 0.153. The van der Waals surface area contributed by atoms with Crippen LogP contribution in [-0.4, -0.2) is 57.1 Å². The number of rotatable bonds is 5. The first-order chi connectivity index (χ1) is 13.5. The van der Waals surface area contributed by atoms with Gasteiger partial charge in [-0.05, 0) is 37.1 Å². The van der Waals surface area contributed by atoms with Crippen molar-refractivity contribution in [1.82, 2.24) is 19.7 Å². The van der Waals surface area contributed by atoms with Gasteiger partial charge in [-0.15, -0.1) is 5.10 Å². The lowest BCUT2D eigenvalue weighted by Crippen LogP contribution is -2.45. The number of benzene rings is 1. The number of aromatic nitrogens is 3. The SMILES string of the molecule is CCc1cc(O)c(-n2cc3sc(N[C@@H]4C[C@@H](F)CN(C)C4)nc3n2)c(CC)c1. The molecule has 0 bridgehead atoms. The van der Waals surface area contributed by atoms with Crippen molar-refractivity contribution in [3.8, 4) is 11.4 Å². The first-order valence-electron chi connectivity index (χ1n) is 9.77. The van der Waals surface area contributed by atoms with Crippen LogP contribution in [0.2, 0.25) is 0 Å². The zero-order valence-electron chi connectivity index (χ0n) is 16.4. The van der Waals surface area contributed by atoms with Crippen molar-refractivity contribution in [3.63, 3.8) is 0 Å². The molecule has 2 atom stereocenters. The van der Waals surface area contributed by atoms with Crippen molar-refractivity contribution in [3.05, 3.63) is 29.5 Å². The average molecular weight is 404 g/mol. The van der Waals surface area contributed by atoms with Crippen molar-refractivity contribution in [2.75, 3.05) is 25.5 Å². The third-order valence-corrected chi connectivity index (χ3v) is 6.14. The molecule has 1 saturated heterocycles. The summed E-state index contributed by atoms with van der Waals surface area (Å²) < 4.78 is 16.5. The Morgan fingerprint density at radius 1 is 1.29 bits per heavy atom. The normalized spacial score (nSPS) is 20.7. The zero-order valence-corrected chi connectivity index (χ0v) is 17.3. The van der Waals surface area contributed by atoms with Gasteiger partial charge in [-0.25, -0.2) is 9.07 Å². The van der Waals surface area contributed by atoms with E-state index in [1.807, 2.05) is 18.1 Å². The number of alkyl halides is 1. The fourth-order valence-electron chi connectivity index (χ4n) is 3.90. The van der Waals surface area contributed by atoms with Gasteiger partial charge in [0.25, 0.3) is 0 Å². The van der Waals surface area contributed by atoms with E-state index in [4.69, 9.17) is 0 Å². The summed E-state index contributed by atoms with van der Waals surface area (Å²) in [6.07, 6.45) is 3.28. The highest BCUT2D eigenvalue weighted by Gasteiger charge is 2.26. The van der Waals surface area contributed by atoms with Crippen LogP contribution in [0.3, 0.4) is 0 Å². The van der Waals surface area contributed by atoms with E-state index in [-0.39, 0.29) is 11.8 Å². The molecule has 28 heavy (non-hydrogen) atoms. The standard InChI is InChI=1S/C20H26FN5OS/c1-4-12-6-13(5-2)18(16(27)7-12)26-11-17-19(24-26)23-20(28-17)22-15-8-14(21)9-25(3)10-15/h6-7,11,14-15,27H,4-5,8-10H2,1-3H3,(H,22,23,24)/t14-,15-/m1/s1. The van der Waals surface area contributed by atoms with Crippen LogP contribution in [0.15, 0.2) is 18.3 Å². The molecule has 1 aliphatic heterocycles. The van der Waals surface area contributed by atoms with Gasteiger partial charge in [-0.2, -0.15) is 4.98 Å². The van der Waals surface area contributed by atoms with E-state index >= 15 is 0 Å². The molecule has 4 rings (SSSR count). The highest BCUT2D eigenvalue weighted by Crippen LogP contribution is 2.32. The molecule has 3 aromatic rings. The van der Waals surface area contributed by atoms with E-state index in [9.17, 15) is 9.50 Å². The number of hydrogen-bond acceptors (Lipinski definition) is 6. The number of phenolic OH excluding ortho intramolecular Hbond substituents is 1. The molecular weight excluding hydrogens is 377 g/mol. The van der Waals surface area contributed by atoms with Crippen LogP contribution in [0.1, 0.15) is 31.4 Å². The second-order valence-electron chi connectivity index (χ2n) is 7.51. The lowest BCUT2D eigenvalue weighted by atomic mass is 10.0. The predicted octanol–water partition coefficient (Wildman–Crippen LogP) is 3.77. The van der Waals surface area contributed by atoms with E-state index in [1.165, 1.54) is 11.3 Å². The number of phenols is 1. The second-order valence-corrected chi connectivity index (χ2v) is 8.54. The third kappa shape index (κ3) is 3.71. The summed E-state index contributed by atoms with van der Waals surface area (Å²) in [5.74, 6) is 0.240. The minimum absolute atomic E-state index is 0.0495. The van der Waals surface area contributed by atoms with Gasteiger partial charge in [-0.3, -0.25) is 0 Å². The van der Waals surface area contributed by atoms with Gasteiger partial charge >= 0.3 is 0 Å². The Bertz CT molecular complexity index is 943. The minimum atomic E-state index is -0.809. The molecule has 2 aromatic heterocycles. The number of aryl methyl sites for hydroxylation is 2. The molecule has 1 aromatic carbocycles. The summed E-state index contributed by atoms with van der Waals surface area (Å²) in [6, 6.07) is 3.98. The quantitative estimate of drug-likeness (QED) is 0.679. The Hall–Kier alpha value is -2.19. The molecule has 2 N–H and O–H groups in total. The summed E-state index contributed by atoms with van der Waals surface area (Å²) in [6.45, 7) is 5.44. The zero-order chi connectivity index (χ0) is 19.8. The van der Waals surface area contributed by atoms with E-state index in [0.29, 0.717) is 24.3 Å². The predicted molar refractivity (Wildman–Crippen MR) is 112 cm³/mol. The fourth-order valence-corrected chi connectivity index (χ4v) is 4.80. The molecule has 0 saturated carbocycles. The van der Waals surface area contributed by atoms with Gasteiger partial charge in [0.1, 0.15) is 17.6 Å². The monoisotopic (exact) mass is 403 g/mol. The Morgan fingerprint density at radius 3 is 2.79 bits per heavy atom. The lowest BCUT2D eigenvalue weighted by Gasteiger charge is -2.32. The van der Waals surface area contributed by atoms with Crippen LogP contribution in [0, 0.1) is 0 Å². The molecule has 0 amide bonds. The average Bonchev–Trinajstić information content (AvgIpc) is 3.18. The number of nitrogens with zero attached hydrogens (tertiary/aromatic N) is 4. The minimum Gasteiger partial charge on any atom is -0.506 e. The van der Waals surface area contributed by atoms with E-state index < -0.39 is 6.17 Å². The number of thiazole rings is 1. The van der Waals surface area contributed by atoms with Gasteiger partial charge in [0.15, 0.2) is 10.8 Å². The Labute approximate surface area is 168 Å². The number of hydrogen-bond donors (Lipinski definition) is 2. The summed E-state index contributed by atoms with van der Waals surface area (Å²) in [7, 11) is 1.94. The van der Waals surface area contributed by atoms with Gasteiger partial charge in [0.2, 0.25) is 0 Å². The maximum absolute atomic E-state index is 13.8. The molecule has 6 nitrogen and oxygen atoms in total. The fraction of sp³-hybridized carbons (Fsp3) is 0.500. The molecule has 3 heterocycles. The summed E-state index contributed by atoms with van der Waals surface area (Å²) >= 11 is 1.51. The van der Waals surface area contributed by atoms with Gasteiger partial charge in [0.05, 0.1) is 10.9 Å². The number of piperidine rings is 1. The van der Waals surface area contributed by atoms with Gasteiger partial charge < -0.3 is 15.3 Å². The highest BCUT2D eigenvalue weighted by molar-refractivity contribution is 7.22. The first-order valence-corrected chi connectivity index (χ1v) is 10.6. The smallest absolute Gasteiger partial charge is 0.194 e. The highest BCUT2D eigenvalue weighted by atomic mass is 32.1. The number of nitrogens with one attached hydrogen (secondary N) is 1. The number of aromatic hydroxyl groups is 1. The Kier molecular flexibility index (Phi) is 5.25. The maximum Gasteiger partial charge on any atom is 0.194 e. The van der Waals surface area contributed by atoms with Gasteiger partial charge in [-0.1, -0.05) is 31.3 Å². The molecule has 1 aliphatic rings. The van der Waals surface area contributed by atoms with Crippen molar-refractivity contribution < 1.29 is 9.50 Å². The van der Waals surface area contributed by atoms with Crippen molar-refractivity contribution in [2.45, 2.75) is 45.3 Å². The Balaban J connectivity index is 1.60. The van der Waals surface area contributed by atoms with Crippen LogP contribution in [0.4, 0.5) is 9.52 Å². The van der Waals surface area contributed by atoms with Crippen molar-refractivity contribution in [2.24, 2.45) is 0 Å². The number of likely N-dealkylation sites (tertiary alicyclic amines) is 1. The van der Waals surface area contributed by atoms with Crippen molar-refractivity contribution >= 4 is 26.8 Å².